The third-order valence-electron chi connectivity index (χ3n) is 8.90. The van der Waals surface area contributed by atoms with E-state index in [0.717, 1.165) is 51.9 Å². The van der Waals surface area contributed by atoms with Gasteiger partial charge in [0, 0.05) is 55.0 Å². The Morgan fingerprint density at radius 2 is 1.93 bits per heavy atom. The molecule has 41 heavy (non-hydrogen) atoms. The maximum absolute atomic E-state index is 14.2. The van der Waals surface area contributed by atoms with E-state index in [4.69, 9.17) is 4.52 Å². The SMILES string of the molecule is CC(C)(C)CN1Cc2c(ccc3[nH]ncc23)C2CC2(NC(=O)N2CCC(c3cc(-c4ccccc4)no3)CC2)C1=O. The highest BCUT2D eigenvalue weighted by Gasteiger charge is 2.65. The molecule has 2 aliphatic heterocycles. The van der Waals surface area contributed by atoms with E-state index in [-0.39, 0.29) is 29.2 Å². The number of fused-ring (bicyclic) bond motifs is 5. The topological polar surface area (TPSA) is 107 Å². The number of H-pyrrole nitrogens is 1. The quantitative estimate of drug-likeness (QED) is 0.352. The molecule has 1 aliphatic carbocycles. The molecule has 212 valence electrons. The summed E-state index contributed by atoms with van der Waals surface area (Å²) in [6, 6.07) is 16.0. The summed E-state index contributed by atoms with van der Waals surface area (Å²) in [5.74, 6) is 1.05. The van der Waals surface area contributed by atoms with Gasteiger partial charge in [-0.3, -0.25) is 9.89 Å². The second-order valence-electron chi connectivity index (χ2n) is 13.1. The Morgan fingerprint density at radius 1 is 1.15 bits per heavy atom. The fourth-order valence-electron chi connectivity index (χ4n) is 6.77. The first kappa shape index (κ1) is 25.8. The maximum atomic E-state index is 14.2. The van der Waals surface area contributed by atoms with E-state index in [2.05, 4.69) is 47.5 Å². The van der Waals surface area contributed by atoms with Crippen molar-refractivity contribution >= 4 is 22.8 Å². The van der Waals surface area contributed by atoms with Gasteiger partial charge in [0.25, 0.3) is 0 Å². The monoisotopic (exact) mass is 552 g/mol. The first-order chi connectivity index (χ1) is 19.7. The Labute approximate surface area is 239 Å². The number of rotatable bonds is 4. The average Bonchev–Trinajstić information content (AvgIpc) is 3.29. The summed E-state index contributed by atoms with van der Waals surface area (Å²) in [5, 5.41) is 15.9. The molecule has 2 aromatic carbocycles. The number of hydrogen-bond acceptors (Lipinski definition) is 5. The van der Waals surface area contributed by atoms with Crippen molar-refractivity contribution in [1.29, 1.82) is 0 Å². The fraction of sp³-hybridized carbons (Fsp3) is 0.438. The van der Waals surface area contributed by atoms with E-state index in [9.17, 15) is 9.59 Å². The Hall–Kier alpha value is -4.14. The van der Waals surface area contributed by atoms with Crippen LogP contribution < -0.4 is 5.32 Å². The third kappa shape index (κ3) is 4.57. The number of aromatic nitrogens is 3. The fourth-order valence-corrected chi connectivity index (χ4v) is 6.77. The van der Waals surface area contributed by atoms with E-state index >= 15 is 0 Å². The normalized spacial score (nSPS) is 22.8. The van der Waals surface area contributed by atoms with Gasteiger partial charge in [0.05, 0.1) is 11.7 Å². The number of nitrogens with one attached hydrogen (secondary N) is 2. The van der Waals surface area contributed by atoms with Crippen LogP contribution in [0.2, 0.25) is 0 Å². The van der Waals surface area contributed by atoms with E-state index in [1.54, 1.807) is 0 Å². The highest BCUT2D eigenvalue weighted by Crippen LogP contribution is 2.56. The van der Waals surface area contributed by atoms with Gasteiger partial charge in [-0.15, -0.1) is 0 Å². The Balaban J connectivity index is 1.08. The number of nitrogens with zero attached hydrogens (tertiary/aromatic N) is 4. The number of aromatic amines is 1. The van der Waals surface area contributed by atoms with Crippen molar-refractivity contribution in [1.82, 2.24) is 30.5 Å². The molecule has 2 aromatic heterocycles. The molecule has 2 fully saturated rings. The largest absolute Gasteiger partial charge is 0.360 e. The molecular formula is C32H36N6O3. The summed E-state index contributed by atoms with van der Waals surface area (Å²) in [6.45, 7) is 8.75. The van der Waals surface area contributed by atoms with Crippen LogP contribution in [-0.2, 0) is 11.3 Å². The van der Waals surface area contributed by atoms with E-state index in [1.807, 2.05) is 58.5 Å². The lowest BCUT2D eigenvalue weighted by Gasteiger charge is -2.35. The number of carbonyl (C=O) groups is 2. The number of benzene rings is 2. The summed E-state index contributed by atoms with van der Waals surface area (Å²) in [7, 11) is 0. The highest BCUT2D eigenvalue weighted by atomic mass is 16.5. The van der Waals surface area contributed by atoms with Crippen LogP contribution >= 0.6 is 0 Å². The van der Waals surface area contributed by atoms with Gasteiger partial charge in [0.1, 0.15) is 17.0 Å². The molecule has 3 amide bonds. The number of likely N-dealkylation sites (tertiary alicyclic amines) is 1. The van der Waals surface area contributed by atoms with Crippen molar-refractivity contribution in [3.8, 4) is 11.3 Å². The summed E-state index contributed by atoms with van der Waals surface area (Å²) in [4.78, 5) is 31.6. The molecule has 1 saturated carbocycles. The van der Waals surface area contributed by atoms with Gasteiger partial charge in [0.15, 0.2) is 0 Å². The van der Waals surface area contributed by atoms with Crippen molar-refractivity contribution in [2.45, 2.75) is 64.0 Å². The van der Waals surface area contributed by atoms with Gasteiger partial charge in [0.2, 0.25) is 5.91 Å². The van der Waals surface area contributed by atoms with Gasteiger partial charge in [-0.25, -0.2) is 4.79 Å². The highest BCUT2D eigenvalue weighted by molar-refractivity contribution is 5.98. The lowest BCUT2D eigenvalue weighted by Crippen LogP contribution is -2.56. The van der Waals surface area contributed by atoms with Crippen LogP contribution in [0.1, 0.15) is 68.8 Å². The standard InChI is InChI=1S/C32H36N6O3/c1-31(2,3)19-38-18-24-22(9-10-26-23(24)17-33-35-26)25-16-32(25,29(38)39)34-30(40)37-13-11-21(12-14-37)28-15-27(36-41-28)20-7-5-4-6-8-20/h4-10,15,17,21,25H,11-14,16,18-19H2,1-3H3,(H,33,35)(H,34,40). The zero-order chi connectivity index (χ0) is 28.4. The summed E-state index contributed by atoms with van der Waals surface area (Å²) < 4.78 is 5.71. The summed E-state index contributed by atoms with van der Waals surface area (Å²) in [6.07, 6.45) is 4.05. The molecule has 3 aliphatic rings. The van der Waals surface area contributed by atoms with Crippen molar-refractivity contribution in [3.05, 3.63) is 71.6 Å². The van der Waals surface area contributed by atoms with Crippen LogP contribution in [-0.4, -0.2) is 62.3 Å². The van der Waals surface area contributed by atoms with Crippen molar-refractivity contribution < 1.29 is 14.1 Å². The number of amides is 3. The van der Waals surface area contributed by atoms with Crippen molar-refractivity contribution in [3.63, 3.8) is 0 Å². The predicted octanol–water partition coefficient (Wildman–Crippen LogP) is 5.42. The van der Waals surface area contributed by atoms with E-state index in [0.29, 0.717) is 32.6 Å². The molecule has 9 heteroatoms. The van der Waals surface area contributed by atoms with Crippen LogP contribution in [0.4, 0.5) is 4.79 Å². The molecule has 7 rings (SSSR count). The summed E-state index contributed by atoms with van der Waals surface area (Å²) >= 11 is 0. The first-order valence-electron chi connectivity index (χ1n) is 14.6. The molecule has 2 unspecified atom stereocenters. The number of urea groups is 1. The number of hydrogen-bond donors (Lipinski definition) is 2. The third-order valence-corrected chi connectivity index (χ3v) is 8.90. The van der Waals surface area contributed by atoms with Crippen molar-refractivity contribution in [2.75, 3.05) is 19.6 Å². The molecule has 0 bridgehead atoms. The zero-order valence-electron chi connectivity index (χ0n) is 23.8. The summed E-state index contributed by atoms with van der Waals surface area (Å²) in [5.41, 5.74) is 4.12. The molecule has 4 heterocycles. The smallest absolute Gasteiger partial charge is 0.318 e. The zero-order valence-corrected chi connectivity index (χ0v) is 23.8. The van der Waals surface area contributed by atoms with Crippen LogP contribution in [0.15, 0.2) is 59.3 Å². The first-order valence-corrected chi connectivity index (χ1v) is 14.6. The molecule has 2 N–H and O–H groups in total. The Bertz CT molecular complexity index is 1610. The van der Waals surface area contributed by atoms with Crippen molar-refractivity contribution in [2.24, 2.45) is 5.41 Å². The Morgan fingerprint density at radius 3 is 2.68 bits per heavy atom. The Kier molecular flexibility index (Phi) is 5.96. The van der Waals surface area contributed by atoms with Crippen LogP contribution in [0.5, 0.6) is 0 Å². The molecule has 2 atom stereocenters. The van der Waals surface area contributed by atoms with Gasteiger partial charge < -0.3 is 19.6 Å². The molecule has 9 nitrogen and oxygen atoms in total. The van der Waals surface area contributed by atoms with Gasteiger partial charge in [-0.1, -0.05) is 62.3 Å². The molecule has 0 spiro atoms. The molecule has 0 radical (unpaired) electrons. The van der Waals surface area contributed by atoms with Crippen LogP contribution in [0.3, 0.4) is 0 Å². The molecule has 1 saturated heterocycles. The number of carbonyl (C=O) groups excluding carboxylic acids is 2. The van der Waals surface area contributed by atoms with Crippen LogP contribution in [0, 0.1) is 5.41 Å². The second kappa shape index (κ2) is 9.46. The lowest BCUT2D eigenvalue weighted by atomic mass is 9.94. The second-order valence-corrected chi connectivity index (χ2v) is 13.1. The van der Waals surface area contributed by atoms with Crippen LogP contribution in [0.25, 0.3) is 22.2 Å². The van der Waals surface area contributed by atoms with Gasteiger partial charge in [-0.05, 0) is 41.9 Å². The predicted molar refractivity (Wildman–Crippen MR) is 155 cm³/mol. The van der Waals surface area contributed by atoms with Gasteiger partial charge in [-0.2, -0.15) is 5.10 Å². The lowest BCUT2D eigenvalue weighted by molar-refractivity contribution is -0.136. The molecule has 4 aromatic rings. The minimum atomic E-state index is -0.905. The average molecular weight is 553 g/mol. The maximum Gasteiger partial charge on any atom is 0.318 e. The number of piperidine rings is 1. The van der Waals surface area contributed by atoms with E-state index in [1.165, 1.54) is 0 Å². The molecular weight excluding hydrogens is 516 g/mol. The minimum absolute atomic E-state index is 0.0172. The van der Waals surface area contributed by atoms with E-state index < -0.39 is 5.54 Å². The van der Waals surface area contributed by atoms with Gasteiger partial charge >= 0.3 is 6.03 Å². The minimum Gasteiger partial charge on any atom is -0.360 e.